The molecule has 0 bridgehead atoms. The van der Waals surface area contributed by atoms with Crippen LogP contribution in [0, 0.1) is 0 Å². The topological polar surface area (TPSA) is 59.7 Å². The minimum absolute atomic E-state index is 0.0709. The van der Waals surface area contributed by atoms with Crippen molar-refractivity contribution in [2.24, 2.45) is 0 Å². The van der Waals surface area contributed by atoms with Crippen LogP contribution >= 0.6 is 11.6 Å². The smallest absolute Gasteiger partial charge is 0.343 e. The minimum atomic E-state index is -0.531. The molecule has 0 unspecified atom stereocenters. The molecule has 3 rings (SSSR count). The van der Waals surface area contributed by atoms with Crippen molar-refractivity contribution in [3.63, 3.8) is 0 Å². The second-order valence-electron chi connectivity index (χ2n) is 5.12. The van der Waals surface area contributed by atoms with Gasteiger partial charge in [-0.05, 0) is 43.2 Å². The summed E-state index contributed by atoms with van der Waals surface area (Å²) in [6.45, 7) is 0.441. The molecule has 0 saturated heterocycles. The van der Waals surface area contributed by atoms with Gasteiger partial charge in [0.2, 0.25) is 0 Å². The molecule has 23 heavy (non-hydrogen) atoms. The fraction of sp³-hybridized carbons (Fsp3) is 0.167. The first-order chi connectivity index (χ1) is 11.1. The molecule has 4 nitrogen and oxygen atoms in total. The molecule has 0 amide bonds. The zero-order chi connectivity index (χ0) is 16.2. The van der Waals surface area contributed by atoms with Crippen LogP contribution < -0.4 is 10.4 Å². The summed E-state index contributed by atoms with van der Waals surface area (Å²) in [4.78, 5) is 12.0. The number of hydrogen-bond acceptors (Lipinski definition) is 4. The van der Waals surface area contributed by atoms with Crippen molar-refractivity contribution in [1.29, 1.82) is 0 Å². The summed E-state index contributed by atoms with van der Waals surface area (Å²) in [6, 6.07) is 14.2. The van der Waals surface area contributed by atoms with Crippen LogP contribution in [0.3, 0.4) is 0 Å². The number of fused-ring (bicyclic) bond motifs is 1. The number of ether oxygens (including phenoxy) is 1. The molecule has 1 N–H and O–H groups in total. The van der Waals surface area contributed by atoms with Crippen molar-refractivity contribution in [2.45, 2.75) is 12.8 Å². The van der Waals surface area contributed by atoms with Gasteiger partial charge in [0.05, 0.1) is 17.6 Å². The lowest BCUT2D eigenvalue weighted by molar-refractivity contribution is 0.309. The lowest BCUT2D eigenvalue weighted by atomic mass is 10.1. The Hall–Kier alpha value is -2.46. The highest BCUT2D eigenvalue weighted by Crippen LogP contribution is 2.29. The van der Waals surface area contributed by atoms with E-state index in [1.165, 1.54) is 0 Å². The van der Waals surface area contributed by atoms with E-state index in [9.17, 15) is 9.90 Å². The molecule has 0 aliphatic carbocycles. The van der Waals surface area contributed by atoms with Gasteiger partial charge in [-0.1, -0.05) is 29.8 Å². The Morgan fingerprint density at radius 2 is 1.91 bits per heavy atom. The highest BCUT2D eigenvalue weighted by Gasteiger charge is 2.14. The first-order valence-corrected chi connectivity index (χ1v) is 7.65. The molecule has 0 fully saturated rings. The Morgan fingerprint density at radius 1 is 1.13 bits per heavy atom. The average molecular weight is 331 g/mol. The molecule has 1 aromatic heterocycles. The van der Waals surface area contributed by atoms with Crippen molar-refractivity contribution < 1.29 is 14.3 Å². The quantitative estimate of drug-likeness (QED) is 0.563. The van der Waals surface area contributed by atoms with E-state index >= 15 is 0 Å². The molecule has 2 aromatic carbocycles. The van der Waals surface area contributed by atoms with Crippen molar-refractivity contribution in [3.8, 4) is 11.5 Å². The van der Waals surface area contributed by atoms with Gasteiger partial charge in [-0.15, -0.1) is 0 Å². The van der Waals surface area contributed by atoms with E-state index in [-0.39, 0.29) is 11.3 Å². The molecule has 5 heteroatoms. The maximum Gasteiger partial charge on any atom is 0.343 e. The van der Waals surface area contributed by atoms with Crippen molar-refractivity contribution in [1.82, 2.24) is 0 Å². The third-order valence-electron chi connectivity index (χ3n) is 3.51. The lowest BCUT2D eigenvalue weighted by Crippen LogP contribution is -2.10. The van der Waals surface area contributed by atoms with Gasteiger partial charge in [0.25, 0.3) is 0 Å². The minimum Gasteiger partial charge on any atom is -0.507 e. The van der Waals surface area contributed by atoms with Crippen molar-refractivity contribution in [3.05, 3.63) is 69.5 Å². The molecule has 1 heterocycles. The summed E-state index contributed by atoms with van der Waals surface area (Å²) in [5.41, 5.74) is 0.0367. The van der Waals surface area contributed by atoms with Crippen LogP contribution in [0.25, 0.3) is 11.0 Å². The van der Waals surface area contributed by atoms with Gasteiger partial charge in [0.1, 0.15) is 17.1 Å². The first-order valence-electron chi connectivity index (χ1n) is 7.27. The fourth-order valence-electron chi connectivity index (χ4n) is 2.37. The molecule has 3 aromatic rings. The normalized spacial score (nSPS) is 10.8. The predicted octanol–water partition coefficient (Wildman–Crippen LogP) is 4.16. The summed E-state index contributed by atoms with van der Waals surface area (Å²) in [5.74, 6) is 0.701. The Bertz CT molecular complexity index is 871. The number of benzene rings is 2. The molecule has 0 saturated carbocycles. The van der Waals surface area contributed by atoms with Crippen LogP contribution in [-0.2, 0) is 6.42 Å². The van der Waals surface area contributed by atoms with Gasteiger partial charge in [-0.3, -0.25) is 0 Å². The third-order valence-corrected chi connectivity index (χ3v) is 3.75. The molecule has 118 valence electrons. The summed E-state index contributed by atoms with van der Waals surface area (Å²) in [6.07, 6.45) is 0.947. The largest absolute Gasteiger partial charge is 0.507 e. The van der Waals surface area contributed by atoms with E-state index in [1.54, 1.807) is 18.2 Å². The summed E-state index contributed by atoms with van der Waals surface area (Å²) < 4.78 is 10.8. The Balaban J connectivity index is 1.74. The summed E-state index contributed by atoms with van der Waals surface area (Å²) in [5, 5.41) is 11.2. The van der Waals surface area contributed by atoms with Gasteiger partial charge < -0.3 is 14.3 Å². The molecular formula is C18H15ClO4. The summed E-state index contributed by atoms with van der Waals surface area (Å²) >= 11 is 5.93. The van der Waals surface area contributed by atoms with Crippen molar-refractivity contribution >= 4 is 22.6 Å². The van der Waals surface area contributed by atoms with E-state index in [0.717, 1.165) is 5.75 Å². The molecule has 0 atom stereocenters. The standard InChI is InChI=1S/C18H15ClO4/c19-12-8-9-16-15(11-12)17(20)14(18(21)23-16)7-4-10-22-13-5-2-1-3-6-13/h1-3,5-6,8-9,11,20H,4,7,10H2. The number of para-hydroxylation sites is 1. The maximum atomic E-state index is 12.0. The third kappa shape index (κ3) is 3.48. The van der Waals surface area contributed by atoms with Crippen LogP contribution in [-0.4, -0.2) is 11.7 Å². The zero-order valence-corrected chi connectivity index (χ0v) is 13.0. The first kappa shape index (κ1) is 15.4. The fourth-order valence-corrected chi connectivity index (χ4v) is 2.55. The van der Waals surface area contributed by atoms with Gasteiger partial charge >= 0.3 is 5.63 Å². The second-order valence-corrected chi connectivity index (χ2v) is 5.56. The molecule has 0 spiro atoms. The Kier molecular flexibility index (Phi) is 4.53. The highest BCUT2D eigenvalue weighted by molar-refractivity contribution is 6.31. The second kappa shape index (κ2) is 6.75. The zero-order valence-electron chi connectivity index (χ0n) is 12.3. The Morgan fingerprint density at radius 3 is 2.70 bits per heavy atom. The van der Waals surface area contributed by atoms with E-state index in [0.29, 0.717) is 35.4 Å². The van der Waals surface area contributed by atoms with Crippen LogP contribution in [0.2, 0.25) is 5.02 Å². The molecule has 0 radical (unpaired) electrons. The van der Waals surface area contributed by atoms with Crippen LogP contribution in [0.5, 0.6) is 11.5 Å². The number of aromatic hydroxyl groups is 1. The summed E-state index contributed by atoms with van der Waals surface area (Å²) in [7, 11) is 0. The van der Waals surface area contributed by atoms with E-state index in [4.69, 9.17) is 20.8 Å². The highest BCUT2D eigenvalue weighted by atomic mass is 35.5. The monoisotopic (exact) mass is 330 g/mol. The van der Waals surface area contributed by atoms with E-state index in [1.807, 2.05) is 30.3 Å². The van der Waals surface area contributed by atoms with Gasteiger partial charge in [-0.2, -0.15) is 0 Å². The number of halogens is 1. The SMILES string of the molecule is O=c1oc2ccc(Cl)cc2c(O)c1CCCOc1ccccc1. The van der Waals surface area contributed by atoms with Gasteiger partial charge in [0.15, 0.2) is 0 Å². The molecular weight excluding hydrogens is 316 g/mol. The molecule has 0 aliphatic heterocycles. The van der Waals surface area contributed by atoms with E-state index in [2.05, 4.69) is 0 Å². The van der Waals surface area contributed by atoms with E-state index < -0.39 is 5.63 Å². The van der Waals surface area contributed by atoms with Crippen molar-refractivity contribution in [2.75, 3.05) is 6.61 Å². The van der Waals surface area contributed by atoms with Crippen LogP contribution in [0.4, 0.5) is 0 Å². The molecule has 0 aliphatic rings. The van der Waals surface area contributed by atoms with Crippen LogP contribution in [0.15, 0.2) is 57.7 Å². The number of rotatable bonds is 5. The van der Waals surface area contributed by atoms with Crippen LogP contribution in [0.1, 0.15) is 12.0 Å². The van der Waals surface area contributed by atoms with Gasteiger partial charge in [0, 0.05) is 5.02 Å². The number of hydrogen-bond donors (Lipinski definition) is 1. The average Bonchev–Trinajstić information content (AvgIpc) is 2.56. The van der Waals surface area contributed by atoms with Gasteiger partial charge in [-0.25, -0.2) is 4.79 Å². The predicted molar refractivity (Wildman–Crippen MR) is 89.4 cm³/mol. The Labute approximate surface area is 137 Å². The lowest BCUT2D eigenvalue weighted by Gasteiger charge is -2.08. The maximum absolute atomic E-state index is 12.0.